The molecule has 0 fully saturated rings. The molecule has 21 heavy (non-hydrogen) atoms. The predicted octanol–water partition coefficient (Wildman–Crippen LogP) is 3.73. The van der Waals surface area contributed by atoms with Gasteiger partial charge in [-0.05, 0) is 33.1 Å². The molecule has 0 bridgehead atoms. The lowest BCUT2D eigenvalue weighted by Crippen LogP contribution is -2.34. The van der Waals surface area contributed by atoms with Crippen LogP contribution in [-0.4, -0.2) is 28.3 Å². The summed E-state index contributed by atoms with van der Waals surface area (Å²) in [4.78, 5) is 15.5. The largest absolute Gasteiger partial charge is 0.568 e. The Morgan fingerprint density at radius 2 is 1.29 bits per heavy atom. The molecule has 0 heterocycles. The standard InChI is InChI=1S/C14H32O6Si/c1-6-9-12-15-18-21(19-16-13-10-7-2)20-17-14(4,5)11-8-3/h21H,6-13H2,1-5H3. The van der Waals surface area contributed by atoms with Crippen LogP contribution in [0, 0.1) is 0 Å². The second-order valence-electron chi connectivity index (χ2n) is 5.52. The van der Waals surface area contributed by atoms with Gasteiger partial charge in [-0.2, -0.15) is 0 Å². The molecule has 0 aliphatic heterocycles. The third-order valence-corrected chi connectivity index (χ3v) is 3.50. The monoisotopic (exact) mass is 324 g/mol. The van der Waals surface area contributed by atoms with Crippen LogP contribution < -0.4 is 0 Å². The zero-order valence-electron chi connectivity index (χ0n) is 14.2. The van der Waals surface area contributed by atoms with Gasteiger partial charge in [0.05, 0.1) is 18.8 Å². The van der Waals surface area contributed by atoms with Crippen LogP contribution in [0.5, 0.6) is 0 Å². The van der Waals surface area contributed by atoms with Gasteiger partial charge in [0.2, 0.25) is 0 Å². The lowest BCUT2D eigenvalue weighted by atomic mass is 10.0. The van der Waals surface area contributed by atoms with Crippen molar-refractivity contribution in [1.29, 1.82) is 0 Å². The second kappa shape index (κ2) is 13.6. The minimum atomic E-state index is -2.61. The van der Waals surface area contributed by atoms with Crippen molar-refractivity contribution in [3.05, 3.63) is 0 Å². The molecule has 0 unspecified atom stereocenters. The van der Waals surface area contributed by atoms with Crippen LogP contribution in [0.1, 0.15) is 73.1 Å². The van der Waals surface area contributed by atoms with E-state index < -0.39 is 9.53 Å². The van der Waals surface area contributed by atoms with E-state index in [1.54, 1.807) is 0 Å². The van der Waals surface area contributed by atoms with Crippen LogP contribution in [0.3, 0.4) is 0 Å². The molecule has 6 nitrogen and oxygen atoms in total. The summed E-state index contributed by atoms with van der Waals surface area (Å²) in [5.74, 6) is 0. The number of hydrogen-bond acceptors (Lipinski definition) is 6. The minimum absolute atomic E-state index is 0.389. The van der Waals surface area contributed by atoms with Gasteiger partial charge in [0.1, 0.15) is 0 Å². The Labute approximate surface area is 130 Å². The van der Waals surface area contributed by atoms with Crippen molar-refractivity contribution in [2.45, 2.75) is 78.7 Å². The van der Waals surface area contributed by atoms with Crippen molar-refractivity contribution >= 4 is 9.53 Å². The van der Waals surface area contributed by atoms with Crippen molar-refractivity contribution in [2.24, 2.45) is 0 Å². The molecule has 0 spiro atoms. The quantitative estimate of drug-likeness (QED) is 0.198. The maximum atomic E-state index is 5.40. The van der Waals surface area contributed by atoms with E-state index in [4.69, 9.17) is 28.4 Å². The molecular formula is C14H32O6Si. The molecule has 0 saturated heterocycles. The first-order valence-electron chi connectivity index (χ1n) is 7.96. The number of unbranched alkanes of at least 4 members (excludes halogenated alkanes) is 2. The topological polar surface area (TPSA) is 55.4 Å². The molecule has 0 aromatic heterocycles. The summed E-state index contributed by atoms with van der Waals surface area (Å²) in [6.07, 6.45) is 5.78. The molecule has 7 heteroatoms. The smallest absolute Gasteiger partial charge is 0.243 e. The van der Waals surface area contributed by atoms with E-state index in [1.165, 1.54) is 0 Å². The fourth-order valence-electron chi connectivity index (χ4n) is 1.48. The van der Waals surface area contributed by atoms with Gasteiger partial charge >= 0.3 is 9.53 Å². The lowest BCUT2D eigenvalue weighted by Gasteiger charge is -2.24. The van der Waals surface area contributed by atoms with Crippen molar-refractivity contribution in [2.75, 3.05) is 13.2 Å². The zero-order valence-corrected chi connectivity index (χ0v) is 15.3. The Morgan fingerprint density at radius 1 is 0.762 bits per heavy atom. The van der Waals surface area contributed by atoms with Gasteiger partial charge in [0.25, 0.3) is 0 Å². The molecule has 0 atom stereocenters. The van der Waals surface area contributed by atoms with Gasteiger partial charge in [0.15, 0.2) is 0 Å². The predicted molar refractivity (Wildman–Crippen MR) is 82.2 cm³/mol. The van der Waals surface area contributed by atoms with Gasteiger partial charge in [-0.15, -0.1) is 0 Å². The highest BCUT2D eigenvalue weighted by molar-refractivity contribution is 6.35. The van der Waals surface area contributed by atoms with Crippen LogP contribution in [0.2, 0.25) is 0 Å². The summed E-state index contributed by atoms with van der Waals surface area (Å²) in [6, 6.07) is 0. The molecule has 0 saturated carbocycles. The third kappa shape index (κ3) is 13.4. The third-order valence-electron chi connectivity index (χ3n) is 2.66. The fraction of sp³-hybridized carbons (Fsp3) is 1.00. The molecule has 0 aromatic carbocycles. The maximum absolute atomic E-state index is 5.40. The summed E-state index contributed by atoms with van der Waals surface area (Å²) in [7, 11) is -2.61. The summed E-state index contributed by atoms with van der Waals surface area (Å²) in [6.45, 7) is 11.2. The van der Waals surface area contributed by atoms with Crippen molar-refractivity contribution < 1.29 is 28.4 Å². The molecule has 0 N–H and O–H groups in total. The first kappa shape index (κ1) is 21.0. The summed E-state index contributed by atoms with van der Waals surface area (Å²) >= 11 is 0. The van der Waals surface area contributed by atoms with Crippen LogP contribution in [0.25, 0.3) is 0 Å². The van der Waals surface area contributed by atoms with Gasteiger partial charge in [-0.3, -0.25) is 0 Å². The van der Waals surface area contributed by atoms with E-state index in [0.29, 0.717) is 13.2 Å². The van der Waals surface area contributed by atoms with E-state index >= 15 is 0 Å². The summed E-state index contributed by atoms with van der Waals surface area (Å²) < 4.78 is 15.5. The van der Waals surface area contributed by atoms with Crippen LogP contribution in [0.15, 0.2) is 0 Å². The highest BCUT2D eigenvalue weighted by Crippen LogP contribution is 2.17. The summed E-state index contributed by atoms with van der Waals surface area (Å²) in [5.41, 5.74) is -0.389. The number of hydrogen-bond donors (Lipinski definition) is 0. The summed E-state index contributed by atoms with van der Waals surface area (Å²) in [5, 5.41) is 0. The molecule has 0 aromatic rings. The van der Waals surface area contributed by atoms with Crippen molar-refractivity contribution in [3.8, 4) is 0 Å². The molecule has 0 rings (SSSR count). The van der Waals surface area contributed by atoms with E-state index in [1.807, 2.05) is 13.8 Å². The first-order chi connectivity index (χ1) is 10.1. The second-order valence-corrected chi connectivity index (χ2v) is 6.68. The lowest BCUT2D eigenvalue weighted by molar-refractivity contribution is -0.371. The van der Waals surface area contributed by atoms with Gasteiger partial charge in [-0.1, -0.05) is 40.0 Å². The first-order valence-corrected chi connectivity index (χ1v) is 9.38. The normalized spacial score (nSPS) is 12.3. The molecule has 0 aliphatic rings. The molecule has 0 radical (unpaired) electrons. The average Bonchev–Trinajstić information content (AvgIpc) is 2.44. The van der Waals surface area contributed by atoms with Crippen LogP contribution in [-0.2, 0) is 28.4 Å². The van der Waals surface area contributed by atoms with E-state index in [-0.39, 0.29) is 5.60 Å². The van der Waals surface area contributed by atoms with Gasteiger partial charge < -0.3 is 0 Å². The van der Waals surface area contributed by atoms with E-state index in [2.05, 4.69) is 20.8 Å². The van der Waals surface area contributed by atoms with Gasteiger partial charge in [0, 0.05) is 0 Å². The van der Waals surface area contributed by atoms with Crippen LogP contribution in [0.4, 0.5) is 0 Å². The molecule has 0 aliphatic carbocycles. The average molecular weight is 324 g/mol. The Bertz CT molecular complexity index is 216. The Balaban J connectivity index is 4.03. The highest BCUT2D eigenvalue weighted by Gasteiger charge is 2.26. The number of rotatable bonds is 15. The van der Waals surface area contributed by atoms with E-state index in [9.17, 15) is 0 Å². The zero-order chi connectivity index (χ0) is 16.0. The Kier molecular flexibility index (Phi) is 13.6. The molecule has 128 valence electrons. The fourth-order valence-corrected chi connectivity index (χ4v) is 2.33. The molecular weight excluding hydrogens is 292 g/mol. The van der Waals surface area contributed by atoms with E-state index in [0.717, 1.165) is 38.5 Å². The minimum Gasteiger partial charge on any atom is -0.243 e. The van der Waals surface area contributed by atoms with Crippen LogP contribution >= 0.6 is 0 Å². The molecule has 0 amide bonds. The SMILES string of the molecule is CCCCOO[SiH](OOCCCC)OOC(C)(C)CCC. The van der Waals surface area contributed by atoms with Crippen molar-refractivity contribution in [1.82, 2.24) is 0 Å². The highest BCUT2D eigenvalue weighted by atomic mass is 28.3. The Hall–Kier alpha value is -0.0231. The maximum Gasteiger partial charge on any atom is 0.568 e. The van der Waals surface area contributed by atoms with Gasteiger partial charge in [-0.25, -0.2) is 28.4 Å². The Morgan fingerprint density at radius 3 is 1.71 bits per heavy atom. The van der Waals surface area contributed by atoms with Crippen molar-refractivity contribution in [3.63, 3.8) is 0 Å².